The van der Waals surface area contributed by atoms with Gasteiger partial charge >= 0.3 is 0 Å². The van der Waals surface area contributed by atoms with E-state index >= 15 is 0 Å². The van der Waals surface area contributed by atoms with Crippen LogP contribution in [0.4, 0.5) is 0 Å². The van der Waals surface area contributed by atoms with Crippen molar-refractivity contribution in [3.8, 4) is 0 Å². The fourth-order valence-corrected chi connectivity index (χ4v) is 3.27. The largest absolute Gasteiger partial charge is 0.344 e. The lowest BCUT2D eigenvalue weighted by Gasteiger charge is -2.12. The van der Waals surface area contributed by atoms with Gasteiger partial charge in [0.15, 0.2) is 0 Å². The highest BCUT2D eigenvalue weighted by Crippen LogP contribution is 2.15. The van der Waals surface area contributed by atoms with Crippen LogP contribution in [-0.4, -0.2) is 27.5 Å². The van der Waals surface area contributed by atoms with E-state index < -0.39 is 5.97 Å². The number of hydrogen-bond acceptors (Lipinski definition) is 3. The zero-order valence-corrected chi connectivity index (χ0v) is 16.3. The Kier molecular flexibility index (Phi) is 17.4. The quantitative estimate of drug-likeness (QED) is 0.183. The molecule has 4 heteroatoms. The van der Waals surface area contributed by atoms with E-state index in [0.29, 0.717) is 6.42 Å². The molecule has 0 heterocycles. The molecule has 1 atom stereocenters. The van der Waals surface area contributed by atoms with Gasteiger partial charge in [-0.1, -0.05) is 89.9 Å². The molecule has 0 aliphatic rings. The molecule has 0 aliphatic heterocycles. The summed E-state index contributed by atoms with van der Waals surface area (Å²) in [5.74, 6) is -2.46. The summed E-state index contributed by atoms with van der Waals surface area (Å²) in [6.07, 6.45) is 22.0. The zero-order valence-electron chi connectivity index (χ0n) is 15.1. The van der Waals surface area contributed by atoms with Gasteiger partial charge in [-0.15, -0.1) is 9.24 Å². The topological polar surface area (TPSA) is 60.7 Å². The molecule has 0 aromatic rings. The van der Waals surface area contributed by atoms with Crippen LogP contribution in [0.25, 0.3) is 0 Å². The maximum atomic E-state index is 8.75. The highest BCUT2D eigenvalue weighted by Gasteiger charge is 2.16. The van der Waals surface area contributed by atoms with Crippen LogP contribution in [0.2, 0.25) is 0 Å². The summed E-state index contributed by atoms with van der Waals surface area (Å²) < 4.78 is 0. The van der Waals surface area contributed by atoms with Crippen LogP contribution < -0.4 is 0 Å². The van der Waals surface area contributed by atoms with Crippen LogP contribution in [0.3, 0.4) is 0 Å². The second-order valence-electron chi connectivity index (χ2n) is 6.97. The molecule has 0 spiro atoms. The van der Waals surface area contributed by atoms with Gasteiger partial charge in [0.05, 0.1) is 0 Å². The highest BCUT2D eigenvalue weighted by atomic mass is 31.0. The third kappa shape index (κ3) is 22.3. The van der Waals surface area contributed by atoms with Crippen LogP contribution in [0, 0.1) is 0 Å². The average molecular weight is 349 g/mol. The van der Waals surface area contributed by atoms with Gasteiger partial charge in [0.25, 0.3) is 5.97 Å². The summed E-state index contributed by atoms with van der Waals surface area (Å²) in [4.78, 5) is 0. The molecule has 3 N–H and O–H groups in total. The van der Waals surface area contributed by atoms with Crippen LogP contribution in [0.15, 0.2) is 0 Å². The van der Waals surface area contributed by atoms with Gasteiger partial charge in [0.1, 0.15) is 0 Å². The minimum atomic E-state index is -2.46. The molecule has 140 valence electrons. The third-order valence-electron chi connectivity index (χ3n) is 4.47. The van der Waals surface area contributed by atoms with Gasteiger partial charge < -0.3 is 15.3 Å². The molecule has 1 unspecified atom stereocenters. The molecule has 23 heavy (non-hydrogen) atoms. The smallest absolute Gasteiger partial charge is 0.275 e. The fourth-order valence-electron chi connectivity index (χ4n) is 2.98. The first-order chi connectivity index (χ1) is 11.1. The normalized spacial score (nSPS) is 12.0. The van der Waals surface area contributed by atoms with Crippen molar-refractivity contribution in [3.63, 3.8) is 0 Å². The summed E-state index contributed by atoms with van der Waals surface area (Å²) in [6.45, 7) is 0. The summed E-state index contributed by atoms with van der Waals surface area (Å²) in [6, 6.07) is 0. The van der Waals surface area contributed by atoms with E-state index in [4.69, 9.17) is 15.3 Å². The maximum Gasteiger partial charge on any atom is 0.275 e. The van der Waals surface area contributed by atoms with Crippen molar-refractivity contribution in [2.24, 2.45) is 0 Å². The van der Waals surface area contributed by atoms with Crippen molar-refractivity contribution in [1.82, 2.24) is 0 Å². The van der Waals surface area contributed by atoms with E-state index in [-0.39, 0.29) is 6.42 Å². The van der Waals surface area contributed by atoms with Crippen molar-refractivity contribution in [3.05, 3.63) is 0 Å². The molecular formula is C19H41O3P. The first-order valence-electron chi connectivity index (χ1n) is 9.93. The van der Waals surface area contributed by atoms with Gasteiger partial charge in [-0.25, -0.2) is 0 Å². The number of rotatable bonds is 18. The first kappa shape index (κ1) is 23.3. The molecule has 0 fully saturated rings. The summed E-state index contributed by atoms with van der Waals surface area (Å²) in [5, 5.41) is 26.3. The van der Waals surface area contributed by atoms with Crippen LogP contribution in [-0.2, 0) is 0 Å². The molecular weight excluding hydrogens is 307 g/mol. The Morgan fingerprint density at radius 3 is 0.957 bits per heavy atom. The van der Waals surface area contributed by atoms with Gasteiger partial charge in [-0.3, -0.25) is 0 Å². The van der Waals surface area contributed by atoms with Gasteiger partial charge in [0, 0.05) is 6.42 Å². The number of aliphatic hydroxyl groups is 3. The molecule has 0 aromatic heterocycles. The van der Waals surface area contributed by atoms with E-state index in [1.165, 1.54) is 89.6 Å². The van der Waals surface area contributed by atoms with Crippen molar-refractivity contribution in [1.29, 1.82) is 0 Å². The Labute approximate surface area is 146 Å². The standard InChI is InChI=1S/C19H41O3P/c20-19(21,22)17-15-13-11-9-7-5-3-1-2-4-6-8-10-12-14-16-18-23/h20-22H,1-18,23H2. The Balaban J connectivity index is 3.00. The summed E-state index contributed by atoms with van der Waals surface area (Å²) in [7, 11) is 2.81. The molecule has 0 saturated heterocycles. The average Bonchev–Trinajstić information content (AvgIpc) is 2.49. The predicted octanol–water partition coefficient (Wildman–Crippen LogP) is 5.12. The van der Waals surface area contributed by atoms with E-state index in [1.807, 2.05) is 0 Å². The number of unbranched alkanes of at least 4 members (excludes halogenated alkanes) is 15. The van der Waals surface area contributed by atoms with E-state index in [9.17, 15) is 0 Å². The minimum absolute atomic E-state index is 0.0602. The molecule has 0 amide bonds. The van der Waals surface area contributed by atoms with Crippen molar-refractivity contribution < 1.29 is 15.3 Å². The SMILES string of the molecule is OC(O)(O)CCCCCCCCCCCCCCCCCCP. The minimum Gasteiger partial charge on any atom is -0.344 e. The maximum absolute atomic E-state index is 8.75. The fraction of sp³-hybridized carbons (Fsp3) is 1.00. The molecule has 0 aliphatic carbocycles. The zero-order chi connectivity index (χ0) is 17.2. The molecule has 0 saturated carbocycles. The highest BCUT2D eigenvalue weighted by molar-refractivity contribution is 7.16. The third-order valence-corrected chi connectivity index (χ3v) is 4.87. The first-order valence-corrected chi connectivity index (χ1v) is 10.7. The lowest BCUT2D eigenvalue weighted by Crippen LogP contribution is -2.26. The second kappa shape index (κ2) is 17.1. The molecule has 0 aromatic carbocycles. The molecule has 0 rings (SSSR count). The van der Waals surface area contributed by atoms with E-state index in [2.05, 4.69) is 9.24 Å². The van der Waals surface area contributed by atoms with Gasteiger partial charge in [-0.2, -0.15) is 0 Å². The monoisotopic (exact) mass is 348 g/mol. The van der Waals surface area contributed by atoms with Crippen molar-refractivity contribution in [2.75, 3.05) is 6.16 Å². The Bertz CT molecular complexity index is 229. The van der Waals surface area contributed by atoms with Gasteiger partial charge in [0.2, 0.25) is 0 Å². The lowest BCUT2D eigenvalue weighted by atomic mass is 10.0. The molecule has 0 radical (unpaired) electrons. The van der Waals surface area contributed by atoms with Gasteiger partial charge in [-0.05, 0) is 19.0 Å². The Morgan fingerprint density at radius 1 is 0.435 bits per heavy atom. The molecule has 3 nitrogen and oxygen atoms in total. The molecule has 0 bridgehead atoms. The Morgan fingerprint density at radius 2 is 0.696 bits per heavy atom. The number of hydrogen-bond donors (Lipinski definition) is 3. The van der Waals surface area contributed by atoms with Crippen molar-refractivity contribution >= 4 is 9.24 Å². The summed E-state index contributed by atoms with van der Waals surface area (Å²) >= 11 is 0. The predicted molar refractivity (Wildman–Crippen MR) is 102 cm³/mol. The van der Waals surface area contributed by atoms with Crippen LogP contribution in [0.1, 0.15) is 109 Å². The van der Waals surface area contributed by atoms with E-state index in [1.54, 1.807) is 0 Å². The van der Waals surface area contributed by atoms with E-state index in [0.717, 1.165) is 12.8 Å². The second-order valence-corrected chi connectivity index (χ2v) is 7.55. The lowest BCUT2D eigenvalue weighted by molar-refractivity contribution is -0.315. The van der Waals surface area contributed by atoms with Crippen LogP contribution in [0.5, 0.6) is 0 Å². The van der Waals surface area contributed by atoms with Crippen LogP contribution >= 0.6 is 9.24 Å². The summed E-state index contributed by atoms with van der Waals surface area (Å²) in [5.41, 5.74) is 0. The Hall–Kier alpha value is 0.310. The van der Waals surface area contributed by atoms with Crippen molar-refractivity contribution in [2.45, 2.75) is 115 Å².